The Morgan fingerprint density at radius 2 is 1.88 bits per heavy atom. The lowest BCUT2D eigenvalue weighted by Gasteiger charge is -2.21. The molecule has 4 rings (SSSR count). The van der Waals surface area contributed by atoms with Crippen molar-refractivity contribution in [2.24, 2.45) is 0 Å². The molecule has 1 heterocycles. The van der Waals surface area contributed by atoms with E-state index in [4.69, 9.17) is 4.74 Å². The summed E-state index contributed by atoms with van der Waals surface area (Å²) in [4.78, 5) is 19.7. The molecule has 1 unspecified atom stereocenters. The molecule has 160 valence electrons. The van der Waals surface area contributed by atoms with Crippen LogP contribution in [0.1, 0.15) is 22.9 Å². The van der Waals surface area contributed by atoms with E-state index in [2.05, 4.69) is 15.3 Å². The number of hydrogen-bond donors (Lipinski definition) is 3. The minimum atomic E-state index is -0.719. The Kier molecular flexibility index (Phi) is 6.27. The van der Waals surface area contributed by atoms with E-state index in [1.807, 2.05) is 48.5 Å². The molecule has 0 aliphatic carbocycles. The zero-order chi connectivity index (χ0) is 22.3. The number of nitrogens with zero attached hydrogens (tertiary/aromatic N) is 1. The van der Waals surface area contributed by atoms with Gasteiger partial charge < -0.3 is 20.1 Å². The van der Waals surface area contributed by atoms with Crippen LogP contribution in [0.4, 0.5) is 10.1 Å². The van der Waals surface area contributed by atoms with Crippen LogP contribution >= 0.6 is 0 Å². The first kappa shape index (κ1) is 20.9. The summed E-state index contributed by atoms with van der Waals surface area (Å²) >= 11 is 0. The molecule has 7 heteroatoms. The van der Waals surface area contributed by atoms with E-state index >= 15 is 0 Å². The summed E-state index contributed by atoms with van der Waals surface area (Å²) in [6.07, 6.45) is 5.51. The summed E-state index contributed by atoms with van der Waals surface area (Å²) in [6, 6.07) is 20.5. The van der Waals surface area contributed by atoms with Crippen molar-refractivity contribution >= 4 is 17.7 Å². The molecule has 1 amide bonds. The summed E-state index contributed by atoms with van der Waals surface area (Å²) in [5.41, 5.74) is 2.53. The molecule has 0 aliphatic heterocycles. The number of carbonyl (C=O) groups excluding carboxylic acids is 1. The number of benzene rings is 3. The number of aromatic nitrogens is 2. The number of aromatic hydroxyl groups is 1. The number of imidazole rings is 1. The number of rotatable bonds is 7. The first-order valence-corrected chi connectivity index (χ1v) is 9.86. The Morgan fingerprint density at radius 1 is 1.09 bits per heavy atom. The van der Waals surface area contributed by atoms with Crippen molar-refractivity contribution in [3.63, 3.8) is 0 Å². The molecule has 4 aromatic rings. The predicted molar refractivity (Wildman–Crippen MR) is 120 cm³/mol. The number of carbonyl (C=O) groups is 1. The van der Waals surface area contributed by atoms with Crippen molar-refractivity contribution in [3.8, 4) is 11.5 Å². The highest BCUT2D eigenvalue weighted by Gasteiger charge is 2.21. The van der Waals surface area contributed by atoms with Gasteiger partial charge in [0, 0.05) is 17.3 Å². The quantitative estimate of drug-likeness (QED) is 0.358. The van der Waals surface area contributed by atoms with E-state index in [-0.39, 0.29) is 5.91 Å². The Labute approximate surface area is 184 Å². The van der Waals surface area contributed by atoms with E-state index in [0.29, 0.717) is 17.0 Å². The Balaban J connectivity index is 1.58. The number of amides is 1. The van der Waals surface area contributed by atoms with Crippen LogP contribution < -0.4 is 10.1 Å². The van der Waals surface area contributed by atoms with Gasteiger partial charge in [-0.1, -0.05) is 42.5 Å². The number of anilines is 1. The number of H-pyrrole nitrogens is 1. The normalized spacial score (nSPS) is 11.9. The smallest absolute Gasteiger partial charge is 0.248 e. The third kappa shape index (κ3) is 5.02. The van der Waals surface area contributed by atoms with Crippen molar-refractivity contribution < 1.29 is 19.0 Å². The highest BCUT2D eigenvalue weighted by Crippen LogP contribution is 2.32. The molecular formula is C25H20FN3O3. The van der Waals surface area contributed by atoms with Crippen LogP contribution in [0.25, 0.3) is 6.08 Å². The van der Waals surface area contributed by atoms with E-state index in [0.717, 1.165) is 17.3 Å². The highest BCUT2D eigenvalue weighted by molar-refractivity contribution is 6.02. The zero-order valence-electron chi connectivity index (χ0n) is 16.9. The van der Waals surface area contributed by atoms with Gasteiger partial charge in [-0.05, 0) is 42.0 Å². The lowest BCUT2D eigenvalue weighted by Crippen LogP contribution is -2.15. The van der Waals surface area contributed by atoms with Gasteiger partial charge >= 0.3 is 0 Å². The maximum Gasteiger partial charge on any atom is 0.248 e. The second-order valence-corrected chi connectivity index (χ2v) is 6.94. The summed E-state index contributed by atoms with van der Waals surface area (Å²) in [5.74, 6) is -0.907. The average Bonchev–Trinajstić information content (AvgIpc) is 3.34. The molecule has 1 aromatic heterocycles. The lowest BCUT2D eigenvalue weighted by molar-refractivity contribution is -0.111. The number of phenols is 1. The van der Waals surface area contributed by atoms with Crippen LogP contribution in [0.5, 0.6) is 11.5 Å². The molecular weight excluding hydrogens is 409 g/mol. The standard InChI is InChI=1S/C25H20FN3O3/c26-20-12-10-17(14-23(20)30)11-13-24(31)29-21-9-5-4-8-19(21)25(22-15-27-16-28-22)32-18-6-2-1-3-7-18/h1-16,25,30H,(H,27,28)(H,29,31)/b13-11+. The first-order chi connectivity index (χ1) is 15.6. The van der Waals surface area contributed by atoms with Crippen LogP contribution in [0.15, 0.2) is 91.4 Å². The first-order valence-electron chi connectivity index (χ1n) is 9.86. The van der Waals surface area contributed by atoms with Gasteiger partial charge in [-0.3, -0.25) is 4.79 Å². The van der Waals surface area contributed by atoms with Crippen LogP contribution in [0, 0.1) is 5.82 Å². The van der Waals surface area contributed by atoms with Crippen LogP contribution in [0.3, 0.4) is 0 Å². The average molecular weight is 429 g/mol. The van der Waals surface area contributed by atoms with E-state index in [9.17, 15) is 14.3 Å². The fraction of sp³-hybridized carbons (Fsp3) is 0.0400. The Hall–Kier alpha value is -4.39. The molecule has 0 radical (unpaired) electrons. The van der Waals surface area contributed by atoms with Gasteiger partial charge in [0.25, 0.3) is 0 Å². The third-order valence-electron chi connectivity index (χ3n) is 4.70. The molecule has 0 saturated heterocycles. The van der Waals surface area contributed by atoms with Crippen molar-refractivity contribution in [1.82, 2.24) is 9.97 Å². The largest absolute Gasteiger partial charge is 0.505 e. The summed E-state index contributed by atoms with van der Waals surface area (Å²) in [7, 11) is 0. The molecule has 0 bridgehead atoms. The van der Waals surface area contributed by atoms with E-state index < -0.39 is 17.7 Å². The summed E-state index contributed by atoms with van der Waals surface area (Å²) < 4.78 is 19.4. The number of ether oxygens (including phenoxy) is 1. The molecule has 0 aliphatic rings. The van der Waals surface area contributed by atoms with Crippen LogP contribution in [-0.4, -0.2) is 21.0 Å². The summed E-state index contributed by atoms with van der Waals surface area (Å²) in [6.45, 7) is 0. The van der Waals surface area contributed by atoms with Gasteiger partial charge in [-0.15, -0.1) is 0 Å². The molecule has 0 saturated carbocycles. The minimum Gasteiger partial charge on any atom is -0.505 e. The predicted octanol–water partition coefficient (Wildman–Crippen LogP) is 5.07. The Morgan fingerprint density at radius 3 is 2.62 bits per heavy atom. The number of halogens is 1. The van der Waals surface area contributed by atoms with Crippen LogP contribution in [0.2, 0.25) is 0 Å². The fourth-order valence-electron chi connectivity index (χ4n) is 3.16. The van der Waals surface area contributed by atoms with Crippen molar-refractivity contribution in [2.75, 3.05) is 5.32 Å². The van der Waals surface area contributed by atoms with E-state index in [1.165, 1.54) is 24.3 Å². The van der Waals surface area contributed by atoms with Gasteiger partial charge in [-0.25, -0.2) is 9.37 Å². The molecule has 1 atom stereocenters. The molecule has 3 N–H and O–H groups in total. The molecule has 6 nitrogen and oxygen atoms in total. The van der Waals surface area contributed by atoms with Gasteiger partial charge in [-0.2, -0.15) is 0 Å². The number of nitrogens with one attached hydrogen (secondary N) is 2. The van der Waals surface area contributed by atoms with E-state index in [1.54, 1.807) is 18.6 Å². The maximum absolute atomic E-state index is 13.2. The van der Waals surface area contributed by atoms with Gasteiger partial charge in [0.2, 0.25) is 5.91 Å². The van der Waals surface area contributed by atoms with Crippen molar-refractivity contribution in [3.05, 3.63) is 114 Å². The third-order valence-corrected chi connectivity index (χ3v) is 4.70. The minimum absolute atomic E-state index is 0.385. The lowest BCUT2D eigenvalue weighted by atomic mass is 10.0. The highest BCUT2D eigenvalue weighted by atomic mass is 19.1. The number of para-hydroxylation sites is 2. The van der Waals surface area contributed by atoms with Crippen LogP contribution in [-0.2, 0) is 4.79 Å². The maximum atomic E-state index is 13.2. The van der Waals surface area contributed by atoms with Crippen molar-refractivity contribution in [1.29, 1.82) is 0 Å². The molecule has 3 aromatic carbocycles. The second kappa shape index (κ2) is 9.61. The van der Waals surface area contributed by atoms with Gasteiger partial charge in [0.05, 0.1) is 18.2 Å². The molecule has 0 spiro atoms. The topological polar surface area (TPSA) is 87.2 Å². The van der Waals surface area contributed by atoms with Gasteiger partial charge in [0.1, 0.15) is 5.75 Å². The van der Waals surface area contributed by atoms with Gasteiger partial charge in [0.15, 0.2) is 17.7 Å². The number of phenolic OH excluding ortho intramolecular Hbond substituents is 1. The Bertz CT molecular complexity index is 1220. The monoisotopic (exact) mass is 429 g/mol. The molecule has 32 heavy (non-hydrogen) atoms. The zero-order valence-corrected chi connectivity index (χ0v) is 16.9. The fourth-order valence-corrected chi connectivity index (χ4v) is 3.16. The number of hydrogen-bond acceptors (Lipinski definition) is 4. The summed E-state index contributed by atoms with van der Waals surface area (Å²) in [5, 5.41) is 12.3. The van der Waals surface area contributed by atoms with Crippen molar-refractivity contribution in [2.45, 2.75) is 6.10 Å². The second-order valence-electron chi connectivity index (χ2n) is 6.94. The SMILES string of the molecule is O=C(/C=C/c1ccc(F)c(O)c1)Nc1ccccc1C(Oc1ccccc1)c1cnc[nH]1. The number of aromatic amines is 1. The molecule has 0 fully saturated rings.